The van der Waals surface area contributed by atoms with Crippen LogP contribution in [0.1, 0.15) is 41.7 Å². The normalized spacial score (nSPS) is 17.4. The van der Waals surface area contributed by atoms with Crippen LogP contribution in [0, 0.1) is 5.92 Å². The van der Waals surface area contributed by atoms with E-state index in [0.29, 0.717) is 18.0 Å². The van der Waals surface area contributed by atoms with Crippen LogP contribution in [0.3, 0.4) is 0 Å². The third-order valence-electron chi connectivity index (χ3n) is 5.07. The zero-order valence-electron chi connectivity index (χ0n) is 15.2. The summed E-state index contributed by atoms with van der Waals surface area (Å²) >= 11 is 1.55. The van der Waals surface area contributed by atoms with Gasteiger partial charge in [-0.15, -0.1) is 11.3 Å². The van der Waals surface area contributed by atoms with Crippen molar-refractivity contribution >= 4 is 27.9 Å². The molecule has 2 aromatic rings. The van der Waals surface area contributed by atoms with Crippen molar-refractivity contribution in [2.24, 2.45) is 5.92 Å². The van der Waals surface area contributed by atoms with Gasteiger partial charge in [-0.25, -0.2) is 0 Å². The van der Waals surface area contributed by atoms with Gasteiger partial charge in [-0.2, -0.15) is 0 Å². The van der Waals surface area contributed by atoms with E-state index in [-0.39, 0.29) is 18.4 Å². The molecule has 6 heteroatoms. The van der Waals surface area contributed by atoms with Gasteiger partial charge in [0.05, 0.1) is 12.8 Å². The Morgan fingerprint density at radius 2 is 2.31 bits per heavy atom. The van der Waals surface area contributed by atoms with E-state index in [4.69, 9.17) is 10.5 Å². The van der Waals surface area contributed by atoms with E-state index < -0.39 is 0 Å². The molecule has 26 heavy (non-hydrogen) atoms. The van der Waals surface area contributed by atoms with E-state index in [1.165, 1.54) is 4.88 Å². The monoisotopic (exact) mass is 374 g/mol. The summed E-state index contributed by atoms with van der Waals surface area (Å²) in [4.78, 5) is 13.7. The Morgan fingerprint density at radius 3 is 3.04 bits per heavy atom. The topological polar surface area (TPSA) is 84.6 Å². The second-order valence-corrected chi connectivity index (χ2v) is 8.07. The lowest BCUT2D eigenvalue weighted by atomic mass is 9.89. The molecule has 4 N–H and O–H groups in total. The minimum Gasteiger partial charge on any atom is -0.497 e. The number of methoxy groups -OCH3 is 1. The number of aliphatic hydroxyl groups is 1. The molecule has 0 fully saturated rings. The molecule has 1 aromatic carbocycles. The van der Waals surface area contributed by atoms with Crippen molar-refractivity contribution in [1.29, 1.82) is 0 Å². The third-order valence-corrected chi connectivity index (χ3v) is 6.26. The second-order valence-electron chi connectivity index (χ2n) is 6.97. The molecular formula is C20H26N2O3S. The molecule has 5 nitrogen and oxygen atoms in total. The van der Waals surface area contributed by atoms with E-state index >= 15 is 0 Å². The van der Waals surface area contributed by atoms with Crippen LogP contribution in [0.5, 0.6) is 5.75 Å². The van der Waals surface area contributed by atoms with Gasteiger partial charge in [-0.1, -0.05) is 19.1 Å². The van der Waals surface area contributed by atoms with Crippen LogP contribution in [0.4, 0.5) is 10.7 Å². The Balaban J connectivity index is 1.66. The predicted octanol–water partition coefficient (Wildman–Crippen LogP) is 3.57. The number of thiophene rings is 1. The van der Waals surface area contributed by atoms with Gasteiger partial charge in [0.2, 0.25) is 5.91 Å². The van der Waals surface area contributed by atoms with Gasteiger partial charge in [0, 0.05) is 17.9 Å². The van der Waals surface area contributed by atoms with Crippen molar-refractivity contribution < 1.29 is 14.6 Å². The fraction of sp³-hybridized carbons (Fsp3) is 0.450. The minimum absolute atomic E-state index is 0.0377. The molecule has 140 valence electrons. The summed E-state index contributed by atoms with van der Waals surface area (Å²) < 4.78 is 5.25. The number of nitrogens with two attached hydrogens (primary N) is 1. The lowest BCUT2D eigenvalue weighted by Gasteiger charge is -2.19. The highest BCUT2D eigenvalue weighted by Gasteiger charge is 2.25. The maximum absolute atomic E-state index is 12.5. The molecule has 1 aliphatic carbocycles. The van der Waals surface area contributed by atoms with E-state index in [0.717, 1.165) is 41.1 Å². The maximum Gasteiger partial charge on any atom is 0.225 e. The van der Waals surface area contributed by atoms with Gasteiger partial charge in [-0.3, -0.25) is 4.79 Å². The smallest absolute Gasteiger partial charge is 0.225 e. The standard InChI is InChI=1S/C20H26N2O3S/c1-12(14-4-3-5-15(10-14)25-2)8-18(24)22-20-19(21)16-7-6-13(11-23)9-17(16)26-20/h3-5,10,12-13,23H,6-9,11,21H2,1-2H3,(H,22,24). The number of nitrogen functional groups attached to an aromatic ring is 1. The van der Waals surface area contributed by atoms with Crippen molar-refractivity contribution in [3.05, 3.63) is 40.3 Å². The highest BCUT2D eigenvalue weighted by molar-refractivity contribution is 7.17. The molecule has 1 aromatic heterocycles. The molecule has 0 saturated heterocycles. The molecule has 0 spiro atoms. The number of ether oxygens (including phenoxy) is 1. The van der Waals surface area contributed by atoms with E-state index in [1.54, 1.807) is 18.4 Å². The van der Waals surface area contributed by atoms with Crippen molar-refractivity contribution in [3.8, 4) is 5.75 Å². The molecule has 1 heterocycles. The number of benzene rings is 1. The molecule has 0 aliphatic heterocycles. The van der Waals surface area contributed by atoms with E-state index in [1.807, 2.05) is 31.2 Å². The number of fused-ring (bicyclic) bond motifs is 1. The molecule has 0 bridgehead atoms. The molecule has 3 rings (SSSR count). The molecule has 2 unspecified atom stereocenters. The fourth-order valence-corrected chi connectivity index (χ4v) is 4.75. The fourth-order valence-electron chi connectivity index (χ4n) is 3.45. The molecular weight excluding hydrogens is 348 g/mol. The van der Waals surface area contributed by atoms with Crippen molar-refractivity contribution in [1.82, 2.24) is 0 Å². The number of rotatable bonds is 6. The van der Waals surface area contributed by atoms with Crippen LogP contribution in [0.15, 0.2) is 24.3 Å². The average Bonchev–Trinajstić information content (AvgIpc) is 2.96. The largest absolute Gasteiger partial charge is 0.497 e. The molecule has 0 saturated carbocycles. The Labute approximate surface area is 158 Å². The van der Waals surface area contributed by atoms with E-state index in [2.05, 4.69) is 5.32 Å². The summed E-state index contributed by atoms with van der Waals surface area (Å²) in [6.07, 6.45) is 3.05. The van der Waals surface area contributed by atoms with Gasteiger partial charge < -0.3 is 20.9 Å². The Bertz CT molecular complexity index is 787. The van der Waals surface area contributed by atoms with Gasteiger partial charge in [-0.05, 0) is 54.4 Å². The summed E-state index contributed by atoms with van der Waals surface area (Å²) in [5, 5.41) is 13.1. The first-order valence-electron chi connectivity index (χ1n) is 8.96. The zero-order valence-corrected chi connectivity index (χ0v) is 16.1. The van der Waals surface area contributed by atoms with Crippen molar-refractivity contribution in [2.45, 2.75) is 38.5 Å². The predicted molar refractivity (Wildman–Crippen MR) is 106 cm³/mol. The number of aliphatic hydroxyl groups excluding tert-OH is 1. The average molecular weight is 375 g/mol. The first kappa shape index (κ1) is 18.7. The first-order chi connectivity index (χ1) is 12.5. The van der Waals surface area contributed by atoms with Crippen LogP contribution in [-0.4, -0.2) is 24.7 Å². The summed E-state index contributed by atoms with van der Waals surface area (Å²) in [6.45, 7) is 2.24. The summed E-state index contributed by atoms with van der Waals surface area (Å²) in [5.41, 5.74) is 9.18. The quantitative estimate of drug-likeness (QED) is 0.722. The van der Waals surface area contributed by atoms with Crippen LogP contribution >= 0.6 is 11.3 Å². The molecule has 0 radical (unpaired) electrons. The maximum atomic E-state index is 12.5. The number of anilines is 2. The number of amides is 1. The minimum atomic E-state index is -0.0377. The van der Waals surface area contributed by atoms with Gasteiger partial charge in [0.25, 0.3) is 0 Å². The molecule has 1 amide bonds. The van der Waals surface area contributed by atoms with Crippen LogP contribution < -0.4 is 15.8 Å². The molecule has 2 atom stereocenters. The van der Waals surface area contributed by atoms with Crippen molar-refractivity contribution in [2.75, 3.05) is 24.8 Å². The SMILES string of the molecule is COc1cccc(C(C)CC(=O)Nc2sc3c(c2N)CCC(CO)C3)c1. The van der Waals surface area contributed by atoms with E-state index in [9.17, 15) is 9.90 Å². The Morgan fingerprint density at radius 1 is 1.50 bits per heavy atom. The van der Waals surface area contributed by atoms with Gasteiger partial charge in [0.15, 0.2) is 0 Å². The number of carbonyl (C=O) groups excluding carboxylic acids is 1. The lowest BCUT2D eigenvalue weighted by molar-refractivity contribution is -0.116. The number of carbonyl (C=O) groups is 1. The first-order valence-corrected chi connectivity index (χ1v) is 9.78. The Kier molecular flexibility index (Phi) is 5.84. The highest BCUT2D eigenvalue weighted by atomic mass is 32.1. The zero-order chi connectivity index (χ0) is 18.7. The van der Waals surface area contributed by atoms with Crippen LogP contribution in [0.25, 0.3) is 0 Å². The van der Waals surface area contributed by atoms with Crippen LogP contribution in [-0.2, 0) is 17.6 Å². The highest BCUT2D eigenvalue weighted by Crippen LogP contribution is 2.41. The summed E-state index contributed by atoms with van der Waals surface area (Å²) in [6, 6.07) is 7.80. The van der Waals surface area contributed by atoms with Gasteiger partial charge in [0.1, 0.15) is 10.8 Å². The summed E-state index contributed by atoms with van der Waals surface area (Å²) in [7, 11) is 1.64. The lowest BCUT2D eigenvalue weighted by Crippen LogP contribution is -2.16. The third kappa shape index (κ3) is 4.02. The van der Waals surface area contributed by atoms with Crippen LogP contribution in [0.2, 0.25) is 0 Å². The van der Waals surface area contributed by atoms with Crippen molar-refractivity contribution in [3.63, 3.8) is 0 Å². The second kappa shape index (κ2) is 8.10. The summed E-state index contributed by atoms with van der Waals surface area (Å²) in [5.74, 6) is 1.14. The van der Waals surface area contributed by atoms with Gasteiger partial charge >= 0.3 is 0 Å². The number of hydrogen-bond acceptors (Lipinski definition) is 5. The number of hydrogen-bond donors (Lipinski definition) is 3. The Hall–Kier alpha value is -2.05. The number of nitrogens with one attached hydrogen (secondary N) is 1. The molecule has 1 aliphatic rings.